The first kappa shape index (κ1) is 18.1. The van der Waals surface area contributed by atoms with Crippen LogP contribution in [0.25, 0.3) is 0 Å². The molecular formula is C14H19N3O6S. The summed E-state index contributed by atoms with van der Waals surface area (Å²) in [6.45, 7) is 1.62. The lowest BCUT2D eigenvalue weighted by atomic mass is 9.95. The number of ether oxygens (including phenoxy) is 1. The quantitative estimate of drug-likeness (QED) is 0.614. The maximum Gasteiger partial charge on any atom is 0.293 e. The van der Waals surface area contributed by atoms with Gasteiger partial charge in [-0.1, -0.05) is 0 Å². The Balaban J connectivity index is 2.49. The molecule has 1 aliphatic heterocycles. The van der Waals surface area contributed by atoms with Crippen molar-refractivity contribution in [3.8, 4) is 5.75 Å². The molecule has 1 aromatic carbocycles. The third-order valence-electron chi connectivity index (χ3n) is 4.18. The highest BCUT2D eigenvalue weighted by molar-refractivity contribution is 7.89. The van der Waals surface area contributed by atoms with Crippen molar-refractivity contribution in [3.63, 3.8) is 0 Å². The topological polar surface area (TPSA) is 133 Å². The Morgan fingerprint density at radius 1 is 1.42 bits per heavy atom. The summed E-state index contributed by atoms with van der Waals surface area (Å²) in [6.07, 6.45) is 0.948. The molecule has 0 radical (unpaired) electrons. The number of nitro benzene ring substituents is 1. The molecule has 1 saturated heterocycles. The van der Waals surface area contributed by atoms with Gasteiger partial charge in [-0.05, 0) is 31.9 Å². The number of hydrogen-bond acceptors (Lipinski definition) is 6. The van der Waals surface area contributed by atoms with Crippen LogP contribution in [0.1, 0.15) is 19.8 Å². The molecule has 2 rings (SSSR count). The molecule has 1 amide bonds. The number of rotatable bonds is 5. The van der Waals surface area contributed by atoms with Crippen LogP contribution in [0.4, 0.5) is 5.69 Å². The maximum absolute atomic E-state index is 12.9. The van der Waals surface area contributed by atoms with Crippen LogP contribution in [0.15, 0.2) is 23.1 Å². The number of primary amides is 1. The second-order valence-corrected chi connectivity index (χ2v) is 7.55. The largest absolute Gasteiger partial charge is 0.497 e. The van der Waals surface area contributed by atoms with Gasteiger partial charge in [-0.25, -0.2) is 8.42 Å². The second-order valence-electron chi connectivity index (χ2n) is 5.69. The zero-order valence-corrected chi connectivity index (χ0v) is 14.2. The summed E-state index contributed by atoms with van der Waals surface area (Å²) >= 11 is 0. The van der Waals surface area contributed by atoms with E-state index in [4.69, 9.17) is 10.5 Å². The van der Waals surface area contributed by atoms with Crippen LogP contribution in [0.3, 0.4) is 0 Å². The van der Waals surface area contributed by atoms with Gasteiger partial charge in [0.1, 0.15) is 5.75 Å². The fourth-order valence-electron chi connectivity index (χ4n) is 2.75. The van der Waals surface area contributed by atoms with Crippen LogP contribution in [0.5, 0.6) is 5.75 Å². The van der Waals surface area contributed by atoms with Gasteiger partial charge in [0.2, 0.25) is 15.9 Å². The van der Waals surface area contributed by atoms with Crippen molar-refractivity contribution in [1.82, 2.24) is 4.31 Å². The minimum absolute atomic E-state index is 0.0813. The summed E-state index contributed by atoms with van der Waals surface area (Å²) in [6, 6.07) is 3.17. The van der Waals surface area contributed by atoms with Gasteiger partial charge in [-0.2, -0.15) is 4.31 Å². The molecule has 1 aromatic rings. The molecule has 1 fully saturated rings. The summed E-state index contributed by atoms with van der Waals surface area (Å²) in [5, 5.41) is 11.3. The van der Waals surface area contributed by atoms with Gasteiger partial charge in [0.25, 0.3) is 5.69 Å². The molecule has 1 heterocycles. The second kappa shape index (κ2) is 6.73. The van der Waals surface area contributed by atoms with Crippen LogP contribution >= 0.6 is 0 Å². The van der Waals surface area contributed by atoms with E-state index in [2.05, 4.69) is 0 Å². The van der Waals surface area contributed by atoms with Crippen molar-refractivity contribution < 1.29 is 22.9 Å². The monoisotopic (exact) mass is 357 g/mol. The summed E-state index contributed by atoms with van der Waals surface area (Å²) in [7, 11) is -2.82. The van der Waals surface area contributed by atoms with Gasteiger partial charge in [-0.15, -0.1) is 0 Å². The molecule has 0 spiro atoms. The number of nitro groups is 1. The van der Waals surface area contributed by atoms with E-state index in [0.29, 0.717) is 12.8 Å². The Hall–Kier alpha value is -2.20. The number of nitrogens with zero attached hydrogens (tertiary/aromatic N) is 2. The lowest BCUT2D eigenvalue weighted by Crippen LogP contribution is -2.48. The molecule has 0 bridgehead atoms. The number of hydrogen-bond donors (Lipinski definition) is 1. The van der Waals surface area contributed by atoms with E-state index in [9.17, 15) is 23.3 Å². The van der Waals surface area contributed by atoms with Crippen LogP contribution in [0.2, 0.25) is 0 Å². The lowest BCUT2D eigenvalue weighted by Gasteiger charge is -2.35. The molecule has 10 heteroatoms. The van der Waals surface area contributed by atoms with Crippen molar-refractivity contribution in [2.24, 2.45) is 11.7 Å². The first-order valence-corrected chi connectivity index (χ1v) is 8.76. The number of carbonyl (C=O) groups excluding carboxylic acids is 1. The molecule has 0 aromatic heterocycles. The third-order valence-corrected chi connectivity index (χ3v) is 6.20. The smallest absolute Gasteiger partial charge is 0.293 e. The number of nitrogens with two attached hydrogens (primary N) is 1. The normalized spacial score (nSPS) is 22.1. The van der Waals surface area contributed by atoms with E-state index < -0.39 is 37.4 Å². The van der Waals surface area contributed by atoms with Gasteiger partial charge in [0, 0.05) is 12.6 Å². The van der Waals surface area contributed by atoms with Crippen LogP contribution in [0, 0.1) is 16.0 Å². The zero-order valence-electron chi connectivity index (χ0n) is 13.3. The number of piperidine rings is 1. The predicted molar refractivity (Wildman–Crippen MR) is 84.9 cm³/mol. The van der Waals surface area contributed by atoms with E-state index in [-0.39, 0.29) is 18.3 Å². The van der Waals surface area contributed by atoms with Gasteiger partial charge in [0.15, 0.2) is 4.90 Å². The Bertz CT molecular complexity index is 764. The predicted octanol–water partition coefficient (Wildman–Crippen LogP) is 0.878. The van der Waals surface area contributed by atoms with Crippen LogP contribution < -0.4 is 10.5 Å². The molecule has 1 aliphatic rings. The maximum atomic E-state index is 12.9. The summed E-state index contributed by atoms with van der Waals surface area (Å²) in [5.41, 5.74) is 4.72. The van der Waals surface area contributed by atoms with E-state index in [0.717, 1.165) is 16.4 Å². The van der Waals surface area contributed by atoms with E-state index in [1.165, 1.54) is 13.2 Å². The molecule has 132 valence electrons. The van der Waals surface area contributed by atoms with Crippen molar-refractivity contribution in [3.05, 3.63) is 28.3 Å². The molecule has 9 nitrogen and oxygen atoms in total. The van der Waals surface area contributed by atoms with Crippen molar-refractivity contribution >= 4 is 21.6 Å². The fourth-order valence-corrected chi connectivity index (χ4v) is 4.60. The van der Waals surface area contributed by atoms with E-state index >= 15 is 0 Å². The molecule has 0 aliphatic carbocycles. The van der Waals surface area contributed by atoms with Gasteiger partial charge in [0.05, 0.1) is 24.0 Å². The van der Waals surface area contributed by atoms with Crippen molar-refractivity contribution in [2.75, 3.05) is 13.7 Å². The average Bonchev–Trinajstić information content (AvgIpc) is 2.54. The van der Waals surface area contributed by atoms with E-state index in [1.54, 1.807) is 6.92 Å². The zero-order chi connectivity index (χ0) is 18.1. The number of carbonyl (C=O) groups is 1. The summed E-state index contributed by atoms with van der Waals surface area (Å²) < 4.78 is 31.9. The summed E-state index contributed by atoms with van der Waals surface area (Å²) in [4.78, 5) is 21.5. The number of sulfonamides is 1. The molecule has 0 unspecified atom stereocenters. The number of amides is 1. The van der Waals surface area contributed by atoms with Crippen molar-refractivity contribution in [1.29, 1.82) is 0 Å². The SMILES string of the molecule is COc1ccc(S(=O)(=O)N2C[C@@H](C(N)=O)CC[C@H]2C)c([N+](=O)[O-])c1. The number of methoxy groups -OCH3 is 1. The first-order valence-electron chi connectivity index (χ1n) is 7.32. The van der Waals surface area contributed by atoms with Crippen molar-refractivity contribution in [2.45, 2.75) is 30.7 Å². The first-order chi connectivity index (χ1) is 11.2. The van der Waals surface area contributed by atoms with Gasteiger partial charge >= 0.3 is 0 Å². The van der Waals surface area contributed by atoms with E-state index in [1.807, 2.05) is 0 Å². The lowest BCUT2D eigenvalue weighted by molar-refractivity contribution is -0.387. The fraction of sp³-hybridized carbons (Fsp3) is 0.500. The highest BCUT2D eigenvalue weighted by atomic mass is 32.2. The van der Waals surface area contributed by atoms with Gasteiger partial charge < -0.3 is 10.5 Å². The Morgan fingerprint density at radius 3 is 2.62 bits per heavy atom. The number of benzene rings is 1. The summed E-state index contributed by atoms with van der Waals surface area (Å²) in [5.74, 6) is -0.998. The highest BCUT2D eigenvalue weighted by Gasteiger charge is 2.39. The minimum Gasteiger partial charge on any atom is -0.497 e. The minimum atomic E-state index is -4.15. The van der Waals surface area contributed by atoms with Crippen LogP contribution in [-0.2, 0) is 14.8 Å². The Kier molecular flexibility index (Phi) is 5.09. The highest BCUT2D eigenvalue weighted by Crippen LogP contribution is 2.34. The average molecular weight is 357 g/mol. The van der Waals surface area contributed by atoms with Gasteiger partial charge in [-0.3, -0.25) is 14.9 Å². The van der Waals surface area contributed by atoms with Crippen LogP contribution in [-0.4, -0.2) is 43.2 Å². The molecule has 2 atom stereocenters. The Labute approximate surface area is 139 Å². The molecule has 24 heavy (non-hydrogen) atoms. The molecule has 0 saturated carbocycles. The molecular weight excluding hydrogens is 338 g/mol. The molecule has 2 N–H and O–H groups in total. The Morgan fingerprint density at radius 2 is 2.08 bits per heavy atom. The standard InChI is InChI=1S/C14H19N3O6S/c1-9-3-4-10(14(15)18)8-16(9)24(21,22)13-6-5-11(23-2)7-12(13)17(19)20/h5-7,9-10H,3-4,8H2,1-2H3,(H2,15,18)/t9-,10+/m1/s1. The third kappa shape index (κ3) is 3.34.